The van der Waals surface area contributed by atoms with Crippen LogP contribution in [0.5, 0.6) is 0 Å². The van der Waals surface area contributed by atoms with Crippen LogP contribution in [-0.2, 0) is 5.75 Å². The van der Waals surface area contributed by atoms with Crippen molar-refractivity contribution in [3.63, 3.8) is 0 Å². The van der Waals surface area contributed by atoms with Gasteiger partial charge in [-0.25, -0.2) is 0 Å². The first-order valence-corrected chi connectivity index (χ1v) is 10.3. The molecule has 2 nitrogen and oxygen atoms in total. The zero-order valence-corrected chi connectivity index (χ0v) is 16.3. The Bertz CT molecular complexity index is 868. The lowest BCUT2D eigenvalue weighted by Gasteiger charge is -2.18. The van der Waals surface area contributed by atoms with Crippen molar-refractivity contribution in [1.29, 1.82) is 0 Å². The molecule has 2 heterocycles. The van der Waals surface area contributed by atoms with Crippen LogP contribution in [-0.4, -0.2) is 10.1 Å². The highest BCUT2D eigenvalue weighted by molar-refractivity contribution is 8.01. The van der Waals surface area contributed by atoms with Crippen LogP contribution in [0.3, 0.4) is 0 Å². The molecule has 1 N–H and O–H groups in total. The fraction of sp³-hybridized carbons (Fsp3) is 0.136. The fourth-order valence-electron chi connectivity index (χ4n) is 2.54. The van der Waals surface area contributed by atoms with Crippen LogP contribution < -0.4 is 0 Å². The van der Waals surface area contributed by atoms with Gasteiger partial charge >= 0.3 is 0 Å². The van der Waals surface area contributed by atoms with Gasteiger partial charge < -0.3 is 5.11 Å². The van der Waals surface area contributed by atoms with E-state index in [1.54, 1.807) is 35.5 Å². The van der Waals surface area contributed by atoms with Crippen molar-refractivity contribution in [1.82, 2.24) is 4.98 Å². The normalized spacial score (nSPS) is 12.8. The van der Waals surface area contributed by atoms with E-state index in [4.69, 9.17) is 0 Å². The molecule has 1 aromatic carbocycles. The Balaban J connectivity index is 1.86. The van der Waals surface area contributed by atoms with Crippen LogP contribution in [0.4, 0.5) is 0 Å². The monoisotopic (exact) mass is 379 g/mol. The number of aliphatic hydroxyl groups is 1. The van der Waals surface area contributed by atoms with Crippen molar-refractivity contribution in [2.45, 2.75) is 18.8 Å². The Kier molecular flexibility index (Phi) is 6.45. The Morgan fingerprint density at radius 1 is 1.27 bits per heavy atom. The minimum absolute atomic E-state index is 0.680. The number of pyridine rings is 1. The third-order valence-corrected chi connectivity index (χ3v) is 5.70. The van der Waals surface area contributed by atoms with Gasteiger partial charge in [-0.1, -0.05) is 42.5 Å². The number of benzene rings is 1. The van der Waals surface area contributed by atoms with Gasteiger partial charge in [0.15, 0.2) is 0 Å². The second-order valence-electron chi connectivity index (χ2n) is 6.05. The Morgan fingerprint density at radius 2 is 2.08 bits per heavy atom. The average Bonchev–Trinajstić information content (AvgIpc) is 3.19. The van der Waals surface area contributed by atoms with E-state index in [9.17, 15) is 5.11 Å². The molecule has 26 heavy (non-hydrogen) atoms. The average molecular weight is 380 g/mol. The van der Waals surface area contributed by atoms with Crippen molar-refractivity contribution in [3.05, 3.63) is 105 Å². The first-order chi connectivity index (χ1) is 12.6. The second-order valence-corrected chi connectivity index (χ2v) is 7.69. The summed E-state index contributed by atoms with van der Waals surface area (Å²) in [6.07, 6.45) is 2.60. The largest absolute Gasteiger partial charge is 0.384 e. The van der Waals surface area contributed by atoms with Gasteiger partial charge in [-0.3, -0.25) is 4.98 Å². The van der Waals surface area contributed by atoms with E-state index in [0.717, 1.165) is 22.5 Å². The van der Waals surface area contributed by atoms with E-state index in [-0.39, 0.29) is 0 Å². The molecule has 0 bridgehead atoms. The maximum Gasteiger partial charge on any atom is 0.106 e. The van der Waals surface area contributed by atoms with Gasteiger partial charge in [0.25, 0.3) is 0 Å². The van der Waals surface area contributed by atoms with E-state index in [0.29, 0.717) is 5.57 Å². The molecule has 1 atom stereocenters. The van der Waals surface area contributed by atoms with E-state index in [2.05, 4.69) is 65.0 Å². The minimum atomic E-state index is -0.780. The molecule has 4 heteroatoms. The van der Waals surface area contributed by atoms with Gasteiger partial charge in [0.1, 0.15) is 6.10 Å². The third kappa shape index (κ3) is 4.73. The molecular formula is C22H21NOS2. The Hall–Kier alpha value is -2.14. The third-order valence-electron chi connectivity index (χ3n) is 4.07. The molecule has 0 radical (unpaired) electrons. The quantitative estimate of drug-likeness (QED) is 0.510. The molecule has 0 aliphatic carbocycles. The molecule has 1 unspecified atom stereocenters. The highest BCUT2D eigenvalue weighted by Crippen LogP contribution is 2.34. The van der Waals surface area contributed by atoms with Crippen LogP contribution in [0.1, 0.15) is 28.4 Å². The predicted molar refractivity (Wildman–Crippen MR) is 113 cm³/mol. The van der Waals surface area contributed by atoms with E-state index < -0.39 is 6.10 Å². The topological polar surface area (TPSA) is 33.1 Å². The van der Waals surface area contributed by atoms with Gasteiger partial charge in [-0.15, -0.1) is 11.8 Å². The Labute approximate surface area is 162 Å². The number of aryl methyl sites for hydroxylation is 1. The van der Waals surface area contributed by atoms with Crippen molar-refractivity contribution >= 4 is 28.7 Å². The number of nitrogens with zero attached hydrogens (tertiary/aromatic N) is 1. The number of aromatic nitrogens is 1. The van der Waals surface area contributed by atoms with E-state index in [1.807, 2.05) is 12.1 Å². The van der Waals surface area contributed by atoms with Crippen LogP contribution in [0.2, 0.25) is 0 Å². The van der Waals surface area contributed by atoms with Gasteiger partial charge in [0.2, 0.25) is 0 Å². The highest BCUT2D eigenvalue weighted by Gasteiger charge is 2.17. The second kappa shape index (κ2) is 8.99. The van der Waals surface area contributed by atoms with Crippen molar-refractivity contribution in [3.8, 4) is 0 Å². The molecule has 0 spiro atoms. The van der Waals surface area contributed by atoms with Crippen LogP contribution in [0, 0.1) is 6.92 Å². The first-order valence-electron chi connectivity index (χ1n) is 8.32. The zero-order valence-electron chi connectivity index (χ0n) is 14.6. The Morgan fingerprint density at radius 3 is 2.73 bits per heavy atom. The lowest BCUT2D eigenvalue weighted by molar-refractivity contribution is 0.221. The molecule has 0 amide bonds. The molecular weight excluding hydrogens is 358 g/mol. The summed E-state index contributed by atoms with van der Waals surface area (Å²) >= 11 is 3.42. The fourth-order valence-corrected chi connectivity index (χ4v) is 4.23. The standard InChI is InChI=1S/C22H21NOS2/c1-16-5-7-19(8-6-16)21(15-26-14-18-9-11-25-13-18)17(2)22(24)20-4-3-10-23-12-20/h3-13,15,22,24H,2,14H2,1H3/b21-15+. The van der Waals surface area contributed by atoms with Crippen molar-refractivity contribution in [2.24, 2.45) is 0 Å². The molecule has 3 rings (SSSR count). The molecule has 132 valence electrons. The lowest BCUT2D eigenvalue weighted by atomic mass is 9.93. The number of hydrogen-bond acceptors (Lipinski definition) is 4. The summed E-state index contributed by atoms with van der Waals surface area (Å²) in [5.41, 5.74) is 5.95. The number of thiophene rings is 1. The summed E-state index contributed by atoms with van der Waals surface area (Å²) in [5, 5.41) is 17.1. The van der Waals surface area contributed by atoms with Gasteiger partial charge in [0.05, 0.1) is 0 Å². The van der Waals surface area contributed by atoms with Crippen LogP contribution >= 0.6 is 23.1 Å². The van der Waals surface area contributed by atoms with Gasteiger partial charge in [-0.2, -0.15) is 11.3 Å². The molecule has 0 aliphatic heterocycles. The summed E-state index contributed by atoms with van der Waals surface area (Å²) in [5.74, 6) is 0.898. The summed E-state index contributed by atoms with van der Waals surface area (Å²) in [4.78, 5) is 4.10. The number of thioether (sulfide) groups is 1. The minimum Gasteiger partial charge on any atom is -0.384 e. The van der Waals surface area contributed by atoms with Crippen molar-refractivity contribution in [2.75, 3.05) is 0 Å². The molecule has 0 fully saturated rings. The summed E-state index contributed by atoms with van der Waals surface area (Å²) in [7, 11) is 0. The van der Waals surface area contributed by atoms with E-state index >= 15 is 0 Å². The maximum atomic E-state index is 10.8. The first kappa shape index (κ1) is 18.6. The maximum absolute atomic E-state index is 10.8. The zero-order chi connectivity index (χ0) is 18.4. The van der Waals surface area contributed by atoms with Crippen molar-refractivity contribution < 1.29 is 5.11 Å². The lowest BCUT2D eigenvalue weighted by Crippen LogP contribution is -2.03. The molecule has 0 aliphatic rings. The number of rotatable bonds is 7. The molecule has 0 saturated carbocycles. The SMILES string of the molecule is C=C(/C(=C\SCc1ccsc1)c1ccc(C)cc1)C(O)c1cccnc1. The predicted octanol–water partition coefficient (Wildman–Crippen LogP) is 6.02. The number of aliphatic hydroxyl groups excluding tert-OH is 1. The number of hydrogen-bond donors (Lipinski definition) is 1. The molecule has 3 aromatic rings. The van der Waals surface area contributed by atoms with E-state index in [1.165, 1.54) is 11.1 Å². The summed E-state index contributed by atoms with van der Waals surface area (Å²) in [6, 6.07) is 14.1. The van der Waals surface area contributed by atoms with Crippen LogP contribution in [0.25, 0.3) is 5.57 Å². The van der Waals surface area contributed by atoms with Gasteiger partial charge in [-0.05, 0) is 57.5 Å². The van der Waals surface area contributed by atoms with Gasteiger partial charge in [0, 0.05) is 23.7 Å². The van der Waals surface area contributed by atoms with Crippen LogP contribution in [0.15, 0.2) is 83.2 Å². The molecule has 0 saturated heterocycles. The highest BCUT2D eigenvalue weighted by atomic mass is 32.2. The molecule has 2 aromatic heterocycles. The smallest absolute Gasteiger partial charge is 0.106 e. The summed E-state index contributed by atoms with van der Waals surface area (Å²) in [6.45, 7) is 6.26. The summed E-state index contributed by atoms with van der Waals surface area (Å²) < 4.78 is 0.